The first-order valence-corrected chi connectivity index (χ1v) is 11.9. The van der Waals surface area contributed by atoms with E-state index in [1.165, 1.54) is 11.7 Å². The van der Waals surface area contributed by atoms with Crippen molar-refractivity contribution in [2.75, 3.05) is 25.7 Å². The molecular weight excluding hydrogens is 418 g/mol. The van der Waals surface area contributed by atoms with Gasteiger partial charge in [-0.3, -0.25) is 4.57 Å². The van der Waals surface area contributed by atoms with Gasteiger partial charge in [0, 0.05) is 12.5 Å². The van der Waals surface area contributed by atoms with Gasteiger partial charge in [-0.05, 0) is 50.1 Å². The van der Waals surface area contributed by atoms with Crippen LogP contribution in [-0.4, -0.2) is 48.7 Å². The molecule has 9 heteroatoms. The Labute approximate surface area is 181 Å². The number of sulfone groups is 1. The third kappa shape index (κ3) is 5.16. The van der Waals surface area contributed by atoms with Crippen molar-refractivity contribution in [3.63, 3.8) is 0 Å². The van der Waals surface area contributed by atoms with E-state index in [4.69, 9.17) is 9.47 Å². The molecule has 31 heavy (non-hydrogen) atoms. The molecule has 2 heterocycles. The van der Waals surface area contributed by atoms with Crippen LogP contribution in [0.4, 0.5) is 0 Å². The van der Waals surface area contributed by atoms with Crippen molar-refractivity contribution >= 4 is 27.1 Å². The van der Waals surface area contributed by atoms with Gasteiger partial charge in [0.1, 0.15) is 9.84 Å². The molecule has 0 saturated carbocycles. The molecule has 2 aromatic heterocycles. The summed E-state index contributed by atoms with van der Waals surface area (Å²) < 4.78 is 36.9. The summed E-state index contributed by atoms with van der Waals surface area (Å²) in [5.41, 5.74) is 3.05. The number of H-pyrrole nitrogens is 1. The topological polar surface area (TPSA) is 103 Å². The van der Waals surface area contributed by atoms with Crippen molar-refractivity contribution in [3.05, 3.63) is 57.6 Å². The van der Waals surface area contributed by atoms with Crippen LogP contribution in [0.3, 0.4) is 0 Å². The van der Waals surface area contributed by atoms with Crippen LogP contribution < -0.4 is 15.2 Å². The number of methoxy groups -OCH3 is 1. The van der Waals surface area contributed by atoms with Gasteiger partial charge in [-0.25, -0.2) is 18.2 Å². The minimum atomic E-state index is -3.43. The van der Waals surface area contributed by atoms with Gasteiger partial charge in [-0.2, -0.15) is 0 Å². The number of benzene rings is 1. The number of aromatic nitrogens is 3. The number of nitrogens with zero attached hydrogens (tertiary/aromatic N) is 2. The van der Waals surface area contributed by atoms with Gasteiger partial charge in [-0.1, -0.05) is 17.7 Å². The predicted molar refractivity (Wildman–Crippen MR) is 122 cm³/mol. The third-order valence-electron chi connectivity index (χ3n) is 4.68. The van der Waals surface area contributed by atoms with Gasteiger partial charge >= 0.3 is 5.69 Å². The number of imidazole rings is 1. The molecule has 0 aliphatic carbocycles. The second-order valence-electron chi connectivity index (χ2n) is 7.61. The highest BCUT2D eigenvalue weighted by molar-refractivity contribution is 7.90. The minimum absolute atomic E-state index is 0.269. The highest BCUT2D eigenvalue weighted by atomic mass is 32.2. The van der Waals surface area contributed by atoms with Crippen molar-refractivity contribution in [3.8, 4) is 11.5 Å². The van der Waals surface area contributed by atoms with E-state index in [1.807, 2.05) is 32.9 Å². The molecule has 0 bridgehead atoms. The summed E-state index contributed by atoms with van der Waals surface area (Å²) in [5, 5.41) is 0. The lowest BCUT2D eigenvalue weighted by Gasteiger charge is -2.20. The van der Waals surface area contributed by atoms with Gasteiger partial charge in [0.15, 0.2) is 17.1 Å². The van der Waals surface area contributed by atoms with Crippen LogP contribution in [0.2, 0.25) is 0 Å². The van der Waals surface area contributed by atoms with Gasteiger partial charge < -0.3 is 14.5 Å². The summed E-state index contributed by atoms with van der Waals surface area (Å²) in [4.78, 5) is 20.2. The maximum Gasteiger partial charge on any atom is 0.328 e. The van der Waals surface area contributed by atoms with E-state index in [2.05, 4.69) is 9.97 Å². The summed E-state index contributed by atoms with van der Waals surface area (Å²) >= 11 is 0. The van der Waals surface area contributed by atoms with Crippen LogP contribution in [-0.2, 0) is 9.84 Å². The molecule has 166 valence electrons. The van der Waals surface area contributed by atoms with Crippen LogP contribution in [0.1, 0.15) is 37.9 Å². The van der Waals surface area contributed by atoms with Crippen molar-refractivity contribution in [2.24, 2.45) is 0 Å². The summed E-state index contributed by atoms with van der Waals surface area (Å²) in [5.74, 6) is 0.738. The molecule has 0 fully saturated rings. The van der Waals surface area contributed by atoms with E-state index < -0.39 is 21.6 Å². The molecule has 3 rings (SSSR count). The zero-order valence-electron chi connectivity index (χ0n) is 18.3. The molecule has 0 spiro atoms. The Hall–Kier alpha value is -3.07. The smallest absolute Gasteiger partial charge is 0.328 e. The molecule has 0 aliphatic heterocycles. The first-order valence-electron chi connectivity index (χ1n) is 9.86. The molecule has 0 saturated heterocycles. The number of hydrogen-bond donors (Lipinski definition) is 1. The number of fused-ring (bicyclic) bond motifs is 1. The summed E-state index contributed by atoms with van der Waals surface area (Å²) in [7, 11) is -1.90. The van der Waals surface area contributed by atoms with E-state index in [-0.39, 0.29) is 5.75 Å². The Morgan fingerprint density at radius 3 is 2.61 bits per heavy atom. The van der Waals surface area contributed by atoms with E-state index in [0.29, 0.717) is 34.8 Å². The maximum atomic E-state index is 12.9. The number of aromatic amines is 1. The van der Waals surface area contributed by atoms with E-state index in [9.17, 15) is 13.2 Å². The molecule has 8 nitrogen and oxygen atoms in total. The fraction of sp³-hybridized carbons (Fsp3) is 0.364. The van der Waals surface area contributed by atoms with Crippen LogP contribution in [0.25, 0.3) is 17.2 Å². The van der Waals surface area contributed by atoms with Gasteiger partial charge in [0.25, 0.3) is 0 Å². The van der Waals surface area contributed by atoms with Crippen molar-refractivity contribution in [2.45, 2.75) is 26.8 Å². The van der Waals surface area contributed by atoms with Gasteiger partial charge in [0.05, 0.1) is 31.0 Å². The molecule has 0 amide bonds. The monoisotopic (exact) mass is 445 g/mol. The van der Waals surface area contributed by atoms with Crippen molar-refractivity contribution < 1.29 is 17.9 Å². The number of hydrogen-bond acceptors (Lipinski definition) is 6. The molecule has 1 aromatic carbocycles. The minimum Gasteiger partial charge on any atom is -0.493 e. The molecule has 1 atom stereocenters. The first-order chi connectivity index (χ1) is 14.6. The molecular formula is C22H27N3O5S. The molecule has 0 aliphatic rings. The lowest BCUT2D eigenvalue weighted by atomic mass is 10.1. The van der Waals surface area contributed by atoms with Crippen LogP contribution in [0.15, 0.2) is 40.8 Å². The highest BCUT2D eigenvalue weighted by Crippen LogP contribution is 2.32. The predicted octanol–water partition coefficient (Wildman–Crippen LogP) is 3.19. The van der Waals surface area contributed by atoms with E-state index in [0.717, 1.165) is 17.4 Å². The van der Waals surface area contributed by atoms with Crippen LogP contribution >= 0.6 is 0 Å². The van der Waals surface area contributed by atoms with Gasteiger partial charge in [0.2, 0.25) is 0 Å². The van der Waals surface area contributed by atoms with Crippen molar-refractivity contribution in [1.82, 2.24) is 14.5 Å². The van der Waals surface area contributed by atoms with Crippen LogP contribution in [0.5, 0.6) is 11.5 Å². The Kier molecular flexibility index (Phi) is 6.54. The SMILES string of the molecule is CCOc1cc([C@@H](CS(C)(=O)=O)n2c(=O)[nH]c3cc(C=C(C)C)cnc32)ccc1OC. The average Bonchev–Trinajstić information content (AvgIpc) is 3.00. The number of nitrogens with one attached hydrogen (secondary N) is 1. The van der Waals surface area contributed by atoms with Crippen LogP contribution in [0, 0.1) is 0 Å². The summed E-state index contributed by atoms with van der Waals surface area (Å²) in [6.07, 6.45) is 4.76. The fourth-order valence-corrected chi connectivity index (χ4v) is 4.42. The first kappa shape index (κ1) is 22.6. The number of rotatable bonds is 8. The van der Waals surface area contributed by atoms with Crippen molar-refractivity contribution in [1.29, 1.82) is 0 Å². The normalized spacial score (nSPS) is 12.5. The Balaban J connectivity index is 2.21. The molecule has 0 radical (unpaired) electrons. The fourth-order valence-electron chi connectivity index (χ4n) is 3.51. The summed E-state index contributed by atoms with van der Waals surface area (Å²) in [6, 6.07) is 6.18. The standard InChI is InChI=1S/C22H27N3O5S/c1-6-30-20-11-16(7-8-19(20)29-4)18(13-31(5,27)28)25-21-17(24-22(25)26)10-15(12-23-21)9-14(2)3/h7-12,18H,6,13H2,1-5H3,(H,24,26)/t18-/m1/s1. The van der Waals surface area contributed by atoms with Gasteiger partial charge in [-0.15, -0.1) is 0 Å². The number of allylic oxidation sites excluding steroid dienone is 1. The lowest BCUT2D eigenvalue weighted by molar-refractivity contribution is 0.310. The second-order valence-corrected chi connectivity index (χ2v) is 9.80. The number of ether oxygens (including phenoxy) is 2. The molecule has 0 unspecified atom stereocenters. The maximum absolute atomic E-state index is 12.9. The zero-order chi connectivity index (χ0) is 22.8. The molecule has 3 aromatic rings. The average molecular weight is 446 g/mol. The third-order valence-corrected chi connectivity index (χ3v) is 5.60. The Morgan fingerprint density at radius 2 is 2.00 bits per heavy atom. The Bertz CT molecular complexity index is 1280. The van der Waals surface area contributed by atoms with E-state index in [1.54, 1.807) is 24.4 Å². The second kappa shape index (κ2) is 8.97. The quantitative estimate of drug-likeness (QED) is 0.571. The highest BCUT2D eigenvalue weighted by Gasteiger charge is 2.25. The largest absolute Gasteiger partial charge is 0.493 e. The summed E-state index contributed by atoms with van der Waals surface area (Å²) in [6.45, 7) is 6.20. The van der Waals surface area contributed by atoms with E-state index >= 15 is 0 Å². The zero-order valence-corrected chi connectivity index (χ0v) is 19.1. The lowest BCUT2D eigenvalue weighted by Crippen LogP contribution is -2.28. The Morgan fingerprint density at radius 1 is 1.26 bits per heavy atom. The number of pyridine rings is 1. The molecule has 1 N–H and O–H groups in total.